The maximum atomic E-state index is 5.57. The third-order valence-corrected chi connectivity index (χ3v) is 1.77. The van der Waals surface area contributed by atoms with Crippen molar-refractivity contribution >= 4 is 0 Å². The number of nitrogens with one attached hydrogen (secondary N) is 1. The van der Waals surface area contributed by atoms with Crippen LogP contribution in [0.25, 0.3) is 0 Å². The first kappa shape index (κ1) is 7.76. The van der Waals surface area contributed by atoms with Gasteiger partial charge in [0.1, 0.15) is 0 Å². The van der Waals surface area contributed by atoms with Crippen LogP contribution in [0.5, 0.6) is 0 Å². The predicted octanol–water partition coefficient (Wildman–Crippen LogP) is 0.941. The Morgan fingerprint density at radius 3 is 2.80 bits per heavy atom. The fourth-order valence-electron chi connectivity index (χ4n) is 0.968. The Labute approximate surface area is 62.3 Å². The number of hydrogen-bond donors (Lipinski definition) is 1. The normalized spacial score (nSPS) is 21.7. The van der Waals surface area contributed by atoms with Crippen LogP contribution in [0.4, 0.5) is 0 Å². The average Bonchev–Trinajstić information content (AvgIpc) is 1.85. The second-order valence-electron chi connectivity index (χ2n) is 2.98. The third-order valence-electron chi connectivity index (χ3n) is 1.77. The molecule has 2 nitrogen and oxygen atoms in total. The van der Waals surface area contributed by atoms with Crippen LogP contribution >= 0.6 is 0 Å². The van der Waals surface area contributed by atoms with E-state index in [1.54, 1.807) is 0 Å². The molecular weight excluding hydrogens is 126 g/mol. The monoisotopic (exact) mass is 141 g/mol. The Hall–Kier alpha value is -0.340. The summed E-state index contributed by atoms with van der Waals surface area (Å²) in [4.78, 5) is 0. The van der Waals surface area contributed by atoms with Gasteiger partial charge in [-0.05, 0) is 13.3 Å². The molecule has 1 N–H and O–H groups in total. The molecule has 10 heavy (non-hydrogen) atoms. The number of hydrogen-bond acceptors (Lipinski definition) is 2. The zero-order valence-corrected chi connectivity index (χ0v) is 6.52. The molecule has 0 spiro atoms. The van der Waals surface area contributed by atoms with Gasteiger partial charge in [0, 0.05) is 13.1 Å². The third kappa shape index (κ3) is 1.82. The molecule has 1 heterocycles. The van der Waals surface area contributed by atoms with Crippen LogP contribution in [0.1, 0.15) is 13.3 Å². The molecule has 0 saturated carbocycles. The first-order valence-electron chi connectivity index (χ1n) is 3.72. The number of rotatable bonds is 4. The van der Waals surface area contributed by atoms with E-state index in [9.17, 15) is 0 Å². The SMILES string of the molecule is C=CCCOC1(C)CNC1. The van der Waals surface area contributed by atoms with Gasteiger partial charge in [-0.3, -0.25) is 0 Å². The highest BCUT2D eigenvalue weighted by atomic mass is 16.5. The summed E-state index contributed by atoms with van der Waals surface area (Å²) >= 11 is 0. The van der Waals surface area contributed by atoms with E-state index < -0.39 is 0 Å². The van der Waals surface area contributed by atoms with Gasteiger partial charge in [-0.15, -0.1) is 6.58 Å². The molecule has 0 radical (unpaired) electrons. The van der Waals surface area contributed by atoms with Crippen LogP contribution in [0.2, 0.25) is 0 Å². The summed E-state index contributed by atoms with van der Waals surface area (Å²) in [6.07, 6.45) is 2.84. The molecule has 1 saturated heterocycles. The summed E-state index contributed by atoms with van der Waals surface area (Å²) in [5.41, 5.74) is 0.114. The number of ether oxygens (including phenoxy) is 1. The Balaban J connectivity index is 2.06. The van der Waals surface area contributed by atoms with Crippen LogP contribution in [0.15, 0.2) is 12.7 Å². The van der Waals surface area contributed by atoms with Gasteiger partial charge in [-0.2, -0.15) is 0 Å². The molecule has 0 aromatic heterocycles. The standard InChI is InChI=1S/C8H15NO/c1-3-4-5-10-8(2)6-9-7-8/h3,9H,1,4-7H2,2H3. The minimum absolute atomic E-state index is 0.114. The van der Waals surface area contributed by atoms with Crippen LogP contribution in [0.3, 0.4) is 0 Å². The lowest BCUT2D eigenvalue weighted by Crippen LogP contribution is -2.59. The van der Waals surface area contributed by atoms with E-state index in [4.69, 9.17) is 4.74 Å². The maximum absolute atomic E-state index is 5.57. The quantitative estimate of drug-likeness (QED) is 0.464. The van der Waals surface area contributed by atoms with E-state index in [1.807, 2.05) is 6.08 Å². The molecule has 1 rings (SSSR count). The smallest absolute Gasteiger partial charge is 0.0901 e. The van der Waals surface area contributed by atoms with E-state index in [0.717, 1.165) is 26.1 Å². The molecule has 1 aliphatic rings. The second-order valence-corrected chi connectivity index (χ2v) is 2.98. The molecule has 0 amide bonds. The van der Waals surface area contributed by atoms with Gasteiger partial charge in [0.2, 0.25) is 0 Å². The summed E-state index contributed by atoms with van der Waals surface area (Å²) in [5.74, 6) is 0. The van der Waals surface area contributed by atoms with Crippen molar-refractivity contribution in [3.05, 3.63) is 12.7 Å². The molecule has 0 aromatic carbocycles. The Bertz CT molecular complexity index is 118. The van der Waals surface area contributed by atoms with Gasteiger partial charge in [0.15, 0.2) is 0 Å². The summed E-state index contributed by atoms with van der Waals surface area (Å²) in [6.45, 7) is 8.55. The molecule has 0 aromatic rings. The van der Waals surface area contributed by atoms with E-state index >= 15 is 0 Å². The van der Waals surface area contributed by atoms with Crippen molar-refractivity contribution < 1.29 is 4.74 Å². The molecule has 1 fully saturated rings. The Kier molecular flexibility index (Phi) is 2.46. The van der Waals surface area contributed by atoms with E-state index in [2.05, 4.69) is 18.8 Å². The lowest BCUT2D eigenvalue weighted by Gasteiger charge is -2.39. The summed E-state index contributed by atoms with van der Waals surface area (Å²) in [5, 5.41) is 3.18. The molecule has 58 valence electrons. The molecule has 2 heteroatoms. The zero-order chi connectivity index (χ0) is 7.45. The predicted molar refractivity (Wildman–Crippen MR) is 42.0 cm³/mol. The minimum atomic E-state index is 0.114. The van der Waals surface area contributed by atoms with Crippen molar-refractivity contribution in [2.45, 2.75) is 18.9 Å². The molecule has 1 aliphatic heterocycles. The zero-order valence-electron chi connectivity index (χ0n) is 6.52. The van der Waals surface area contributed by atoms with E-state index in [1.165, 1.54) is 0 Å². The van der Waals surface area contributed by atoms with Gasteiger partial charge in [0.25, 0.3) is 0 Å². The van der Waals surface area contributed by atoms with Crippen molar-refractivity contribution in [3.63, 3.8) is 0 Å². The average molecular weight is 141 g/mol. The highest BCUT2D eigenvalue weighted by Crippen LogP contribution is 2.14. The highest BCUT2D eigenvalue weighted by Gasteiger charge is 2.31. The molecule has 0 bridgehead atoms. The first-order chi connectivity index (χ1) is 4.77. The Morgan fingerprint density at radius 2 is 2.40 bits per heavy atom. The maximum Gasteiger partial charge on any atom is 0.0901 e. The van der Waals surface area contributed by atoms with E-state index in [-0.39, 0.29) is 5.60 Å². The van der Waals surface area contributed by atoms with Crippen molar-refractivity contribution in [2.24, 2.45) is 0 Å². The van der Waals surface area contributed by atoms with Crippen molar-refractivity contribution in [1.82, 2.24) is 5.32 Å². The van der Waals surface area contributed by atoms with E-state index in [0.29, 0.717) is 0 Å². The fourth-order valence-corrected chi connectivity index (χ4v) is 0.968. The first-order valence-corrected chi connectivity index (χ1v) is 3.72. The van der Waals surface area contributed by atoms with Gasteiger partial charge >= 0.3 is 0 Å². The van der Waals surface area contributed by atoms with Crippen LogP contribution in [-0.4, -0.2) is 25.3 Å². The summed E-state index contributed by atoms with van der Waals surface area (Å²) in [7, 11) is 0. The van der Waals surface area contributed by atoms with Crippen molar-refractivity contribution in [1.29, 1.82) is 0 Å². The van der Waals surface area contributed by atoms with Gasteiger partial charge < -0.3 is 10.1 Å². The molecular formula is C8H15NO. The summed E-state index contributed by atoms with van der Waals surface area (Å²) in [6, 6.07) is 0. The van der Waals surface area contributed by atoms with Crippen molar-refractivity contribution in [2.75, 3.05) is 19.7 Å². The van der Waals surface area contributed by atoms with Crippen LogP contribution in [0, 0.1) is 0 Å². The topological polar surface area (TPSA) is 21.3 Å². The largest absolute Gasteiger partial charge is 0.372 e. The molecule has 0 aliphatic carbocycles. The van der Waals surface area contributed by atoms with Crippen molar-refractivity contribution in [3.8, 4) is 0 Å². The second kappa shape index (κ2) is 3.17. The minimum Gasteiger partial charge on any atom is -0.372 e. The summed E-state index contributed by atoms with van der Waals surface area (Å²) < 4.78 is 5.57. The highest BCUT2D eigenvalue weighted by molar-refractivity contribution is 4.90. The van der Waals surface area contributed by atoms with Crippen LogP contribution < -0.4 is 5.32 Å². The van der Waals surface area contributed by atoms with Gasteiger partial charge in [0.05, 0.1) is 12.2 Å². The van der Waals surface area contributed by atoms with Gasteiger partial charge in [-0.1, -0.05) is 6.08 Å². The molecule has 0 unspecified atom stereocenters. The molecule has 0 atom stereocenters. The van der Waals surface area contributed by atoms with Gasteiger partial charge in [-0.25, -0.2) is 0 Å². The lowest BCUT2D eigenvalue weighted by atomic mass is 10.0. The fraction of sp³-hybridized carbons (Fsp3) is 0.750. The van der Waals surface area contributed by atoms with Crippen LogP contribution in [-0.2, 0) is 4.74 Å². The lowest BCUT2D eigenvalue weighted by molar-refractivity contribution is -0.0645. The Morgan fingerprint density at radius 1 is 1.70 bits per heavy atom.